The number of para-hydroxylation sites is 2. The molecule has 0 amide bonds. The van der Waals surface area contributed by atoms with E-state index in [1.54, 1.807) is 0 Å². The van der Waals surface area contributed by atoms with Crippen LogP contribution < -0.4 is 4.74 Å². The molecule has 2 aromatic heterocycles. The number of aromatic nitrogens is 4. The Bertz CT molecular complexity index is 3140. The molecule has 0 fully saturated rings. The van der Waals surface area contributed by atoms with Crippen molar-refractivity contribution in [3.8, 4) is 73.3 Å². The molecular formula is C55H38N4O. The van der Waals surface area contributed by atoms with Crippen LogP contribution in [0.4, 0.5) is 0 Å². The van der Waals surface area contributed by atoms with Crippen molar-refractivity contribution in [2.75, 3.05) is 0 Å². The van der Waals surface area contributed by atoms with Crippen molar-refractivity contribution < 1.29 is 4.74 Å². The molecule has 5 nitrogen and oxygen atoms in total. The number of hydrogen-bond acceptors (Lipinski definition) is 5. The molecular weight excluding hydrogens is 733 g/mol. The van der Waals surface area contributed by atoms with Gasteiger partial charge >= 0.3 is 0 Å². The summed E-state index contributed by atoms with van der Waals surface area (Å²) in [6.45, 7) is 4.19. The second-order valence-corrected chi connectivity index (χ2v) is 15.2. The van der Waals surface area contributed by atoms with Crippen LogP contribution in [-0.2, 0) is 5.41 Å². The Labute approximate surface area is 349 Å². The molecule has 2 aliphatic rings. The van der Waals surface area contributed by atoms with E-state index in [1.165, 1.54) is 22.3 Å². The molecule has 0 saturated carbocycles. The predicted molar refractivity (Wildman–Crippen MR) is 242 cm³/mol. The quantitative estimate of drug-likeness (QED) is 0.174. The van der Waals surface area contributed by atoms with E-state index in [0.717, 1.165) is 72.5 Å². The molecule has 1 aliphatic carbocycles. The molecule has 1 unspecified atom stereocenters. The number of ether oxygens (including phenoxy) is 1. The van der Waals surface area contributed by atoms with Gasteiger partial charge in [0.15, 0.2) is 17.5 Å². The summed E-state index contributed by atoms with van der Waals surface area (Å²) in [6.07, 6.45) is 6.21. The molecule has 3 heterocycles. The maximum Gasteiger partial charge on any atom is 0.164 e. The summed E-state index contributed by atoms with van der Waals surface area (Å²) < 4.78 is 6.70. The first-order chi connectivity index (χ1) is 29.6. The van der Waals surface area contributed by atoms with Crippen LogP contribution in [0.25, 0.3) is 78.4 Å². The highest BCUT2D eigenvalue weighted by atomic mass is 16.5. The molecule has 1 aliphatic heterocycles. The van der Waals surface area contributed by atoms with E-state index in [9.17, 15) is 0 Å². The van der Waals surface area contributed by atoms with Crippen LogP contribution in [0.5, 0.6) is 5.75 Å². The van der Waals surface area contributed by atoms with Gasteiger partial charge in [-0.15, -0.1) is 0 Å². The van der Waals surface area contributed by atoms with Crippen LogP contribution in [0.1, 0.15) is 30.5 Å². The van der Waals surface area contributed by atoms with Crippen LogP contribution in [0.3, 0.4) is 0 Å². The zero-order valence-electron chi connectivity index (χ0n) is 33.2. The third-order valence-electron chi connectivity index (χ3n) is 12.0. The fourth-order valence-corrected chi connectivity index (χ4v) is 9.31. The Hall–Kier alpha value is -7.76. The minimum atomic E-state index is -0.652. The molecule has 11 rings (SSSR count). The summed E-state index contributed by atoms with van der Waals surface area (Å²) in [7, 11) is 0. The zero-order valence-corrected chi connectivity index (χ0v) is 33.2. The van der Waals surface area contributed by atoms with Crippen molar-refractivity contribution in [2.45, 2.75) is 19.3 Å². The normalized spacial score (nSPS) is 16.4. The molecule has 5 heteroatoms. The Kier molecular flexibility index (Phi) is 8.41. The van der Waals surface area contributed by atoms with E-state index in [0.29, 0.717) is 17.5 Å². The van der Waals surface area contributed by atoms with Crippen LogP contribution in [0.15, 0.2) is 206 Å². The molecule has 0 bridgehead atoms. The van der Waals surface area contributed by atoms with Crippen LogP contribution in [0.2, 0.25) is 0 Å². The summed E-state index contributed by atoms with van der Waals surface area (Å²) in [5.74, 6) is 3.61. The number of fused-ring (bicyclic) bond motifs is 8. The van der Waals surface area contributed by atoms with Gasteiger partial charge in [0.25, 0.3) is 0 Å². The zero-order chi connectivity index (χ0) is 40.2. The SMILES string of the molecule is C/C=C1\C(=C/C)Oc2ccccc2C12c1cc(-c3cccc(-c4nc(-c5ccccc5)nc(-c5ccccc5)n4)c3)ccc1-c1ccc(-c3cccc4cccnc34)cc12. The molecule has 1 spiro atoms. The van der Waals surface area contributed by atoms with Gasteiger partial charge < -0.3 is 4.74 Å². The van der Waals surface area contributed by atoms with E-state index >= 15 is 0 Å². The van der Waals surface area contributed by atoms with Crippen molar-refractivity contribution in [3.63, 3.8) is 0 Å². The maximum absolute atomic E-state index is 6.70. The Morgan fingerprint density at radius 3 is 1.70 bits per heavy atom. The van der Waals surface area contributed by atoms with Crippen molar-refractivity contribution in [1.82, 2.24) is 19.9 Å². The highest BCUT2D eigenvalue weighted by Crippen LogP contribution is 2.62. The summed E-state index contributed by atoms with van der Waals surface area (Å²) in [6, 6.07) is 61.7. The molecule has 284 valence electrons. The Morgan fingerprint density at radius 2 is 1.00 bits per heavy atom. The standard InChI is InChI=1S/C55H38N4O/c1-3-45-49(4-2)60-50-26-12-11-25-46(50)55(45)47-33-39(27-29-43(47)44-30-28-40(34-48(44)55)42-24-14-20-35-23-15-31-56-51(35)42)38-21-13-22-41(32-38)54-58-52(36-16-7-5-8-17-36)57-53(59-54)37-18-9-6-10-19-37/h3-34H,1-2H3/b45-3+,49-4+. The summed E-state index contributed by atoms with van der Waals surface area (Å²) >= 11 is 0. The molecule has 60 heavy (non-hydrogen) atoms. The lowest BCUT2D eigenvalue weighted by Gasteiger charge is -2.41. The van der Waals surface area contributed by atoms with E-state index < -0.39 is 5.41 Å². The van der Waals surface area contributed by atoms with Gasteiger partial charge in [-0.1, -0.05) is 152 Å². The van der Waals surface area contributed by atoms with Gasteiger partial charge in [-0.05, 0) is 89.2 Å². The lowest BCUT2D eigenvalue weighted by molar-refractivity contribution is 0.388. The van der Waals surface area contributed by atoms with Crippen molar-refractivity contribution >= 4 is 10.9 Å². The average Bonchev–Trinajstić information content (AvgIpc) is 3.60. The second-order valence-electron chi connectivity index (χ2n) is 15.2. The van der Waals surface area contributed by atoms with E-state index in [-0.39, 0.29) is 0 Å². The molecule has 1 atom stereocenters. The number of pyridine rings is 1. The summed E-state index contributed by atoms with van der Waals surface area (Å²) in [5.41, 5.74) is 14.6. The van der Waals surface area contributed by atoms with Crippen LogP contribution in [-0.4, -0.2) is 19.9 Å². The largest absolute Gasteiger partial charge is 0.457 e. The highest BCUT2D eigenvalue weighted by Gasteiger charge is 2.52. The number of nitrogens with zero attached hydrogens (tertiary/aromatic N) is 4. The van der Waals surface area contributed by atoms with Gasteiger partial charge in [0.2, 0.25) is 0 Å². The lowest BCUT2D eigenvalue weighted by atomic mass is 9.64. The van der Waals surface area contributed by atoms with Crippen LogP contribution in [0, 0.1) is 0 Å². The monoisotopic (exact) mass is 770 g/mol. The van der Waals surface area contributed by atoms with E-state index in [2.05, 4.69) is 135 Å². The predicted octanol–water partition coefficient (Wildman–Crippen LogP) is 13.3. The van der Waals surface area contributed by atoms with Gasteiger partial charge in [-0.25, -0.2) is 15.0 Å². The van der Waals surface area contributed by atoms with Gasteiger partial charge in [-0.2, -0.15) is 0 Å². The Balaban J connectivity index is 1.11. The summed E-state index contributed by atoms with van der Waals surface area (Å²) in [5, 5.41) is 1.12. The van der Waals surface area contributed by atoms with Crippen molar-refractivity contribution in [1.29, 1.82) is 0 Å². The lowest BCUT2D eigenvalue weighted by Crippen LogP contribution is -2.35. The fraction of sp³-hybridized carbons (Fsp3) is 0.0545. The smallest absolute Gasteiger partial charge is 0.164 e. The van der Waals surface area contributed by atoms with Crippen molar-refractivity contribution in [3.05, 3.63) is 222 Å². The number of allylic oxidation sites excluding steroid dienone is 3. The average molecular weight is 771 g/mol. The molecule has 0 saturated heterocycles. The molecule has 9 aromatic rings. The maximum atomic E-state index is 6.70. The van der Waals surface area contributed by atoms with E-state index in [4.69, 9.17) is 24.7 Å². The highest BCUT2D eigenvalue weighted by molar-refractivity contribution is 5.97. The van der Waals surface area contributed by atoms with Gasteiger partial charge in [0.1, 0.15) is 11.5 Å². The number of benzene rings is 7. The minimum Gasteiger partial charge on any atom is -0.457 e. The third-order valence-corrected chi connectivity index (χ3v) is 12.0. The molecule has 7 aromatic carbocycles. The van der Waals surface area contributed by atoms with E-state index in [1.807, 2.05) is 72.9 Å². The first-order valence-electron chi connectivity index (χ1n) is 20.4. The second kappa shape index (κ2) is 14.3. The fourth-order valence-electron chi connectivity index (χ4n) is 9.31. The first kappa shape index (κ1) is 35.4. The van der Waals surface area contributed by atoms with Gasteiger partial charge in [0, 0.05) is 45.0 Å². The third kappa shape index (κ3) is 5.54. The topological polar surface area (TPSA) is 60.8 Å². The van der Waals surface area contributed by atoms with Gasteiger partial charge in [0.05, 0.1) is 10.9 Å². The molecule has 0 N–H and O–H groups in total. The van der Waals surface area contributed by atoms with Crippen LogP contribution >= 0.6 is 0 Å². The number of hydrogen-bond donors (Lipinski definition) is 0. The first-order valence-corrected chi connectivity index (χ1v) is 20.4. The van der Waals surface area contributed by atoms with Gasteiger partial charge in [-0.3, -0.25) is 4.98 Å². The summed E-state index contributed by atoms with van der Waals surface area (Å²) in [4.78, 5) is 19.9. The molecule has 0 radical (unpaired) electrons. The van der Waals surface area contributed by atoms with Crippen molar-refractivity contribution in [2.24, 2.45) is 0 Å². The minimum absolute atomic E-state index is 0.623. The Morgan fingerprint density at radius 1 is 0.433 bits per heavy atom. The number of rotatable bonds is 5.